The number of amides is 1. The van der Waals surface area contributed by atoms with Crippen LogP contribution in [0.2, 0.25) is 0 Å². The van der Waals surface area contributed by atoms with Crippen LogP contribution in [-0.4, -0.2) is 35.5 Å². The molecule has 1 aromatic heterocycles. The zero-order valence-electron chi connectivity index (χ0n) is 14.1. The van der Waals surface area contributed by atoms with Crippen molar-refractivity contribution < 1.29 is 14.3 Å². The Bertz CT molecular complexity index is 874. The van der Waals surface area contributed by atoms with Crippen LogP contribution in [0.15, 0.2) is 35.1 Å². The van der Waals surface area contributed by atoms with Crippen LogP contribution in [0.1, 0.15) is 40.5 Å². The first-order valence-corrected chi connectivity index (χ1v) is 8.54. The minimum Gasteiger partial charge on any atom is -0.486 e. The van der Waals surface area contributed by atoms with Gasteiger partial charge in [-0.3, -0.25) is 9.59 Å². The summed E-state index contributed by atoms with van der Waals surface area (Å²) in [6.45, 7) is 3.52. The van der Waals surface area contributed by atoms with E-state index in [1.54, 1.807) is 24.0 Å². The lowest BCUT2D eigenvalue weighted by atomic mass is 10.0. The van der Waals surface area contributed by atoms with E-state index in [1.807, 2.05) is 18.2 Å². The number of aromatic amines is 1. The number of ether oxygens (including phenoxy) is 2. The summed E-state index contributed by atoms with van der Waals surface area (Å²) in [6, 6.07) is 9.13. The Hall–Kier alpha value is -2.76. The number of carbonyl (C=O) groups is 1. The maximum atomic E-state index is 12.9. The Morgan fingerprint density at radius 3 is 2.76 bits per heavy atom. The summed E-state index contributed by atoms with van der Waals surface area (Å²) in [4.78, 5) is 29.5. The highest BCUT2D eigenvalue weighted by atomic mass is 16.6. The number of rotatable bonds is 2. The fourth-order valence-corrected chi connectivity index (χ4v) is 3.52. The first-order chi connectivity index (χ1) is 12.1. The van der Waals surface area contributed by atoms with Gasteiger partial charge in [-0.2, -0.15) is 0 Å². The highest BCUT2D eigenvalue weighted by Gasteiger charge is 2.32. The lowest BCUT2D eigenvalue weighted by Crippen LogP contribution is -2.34. The van der Waals surface area contributed by atoms with E-state index in [9.17, 15) is 9.59 Å². The summed E-state index contributed by atoms with van der Waals surface area (Å²) in [7, 11) is 0. The van der Waals surface area contributed by atoms with Gasteiger partial charge in [0, 0.05) is 12.2 Å². The number of fused-ring (bicyclic) bond motifs is 1. The molecule has 25 heavy (non-hydrogen) atoms. The van der Waals surface area contributed by atoms with Crippen molar-refractivity contribution in [3.63, 3.8) is 0 Å². The number of hydrogen-bond acceptors (Lipinski definition) is 4. The van der Waals surface area contributed by atoms with Crippen LogP contribution in [0.5, 0.6) is 11.5 Å². The SMILES string of the molecule is Cc1ccc(C(=O)N2CCC[C@H]2c2ccc3c(c2)OCCO3)c(=O)[nH]1. The van der Waals surface area contributed by atoms with Crippen LogP contribution >= 0.6 is 0 Å². The number of hydrogen-bond donors (Lipinski definition) is 1. The maximum Gasteiger partial charge on any atom is 0.260 e. The van der Waals surface area contributed by atoms with Gasteiger partial charge in [-0.25, -0.2) is 0 Å². The number of nitrogens with one attached hydrogen (secondary N) is 1. The van der Waals surface area contributed by atoms with Gasteiger partial charge in [-0.15, -0.1) is 0 Å². The molecule has 0 aliphatic carbocycles. The smallest absolute Gasteiger partial charge is 0.260 e. The van der Waals surface area contributed by atoms with Crippen LogP contribution in [-0.2, 0) is 0 Å². The Morgan fingerprint density at radius 1 is 1.16 bits per heavy atom. The molecule has 2 aliphatic heterocycles. The normalized spacial score (nSPS) is 19.1. The lowest BCUT2D eigenvalue weighted by Gasteiger charge is -2.26. The van der Waals surface area contributed by atoms with E-state index < -0.39 is 0 Å². The van der Waals surface area contributed by atoms with Crippen LogP contribution in [0.4, 0.5) is 0 Å². The zero-order valence-corrected chi connectivity index (χ0v) is 14.1. The average Bonchev–Trinajstić information content (AvgIpc) is 3.10. The average molecular weight is 340 g/mol. The number of H-pyrrole nitrogens is 1. The molecule has 6 heteroatoms. The summed E-state index contributed by atoms with van der Waals surface area (Å²) in [5.74, 6) is 1.23. The Balaban J connectivity index is 1.64. The molecule has 1 aromatic carbocycles. The molecule has 0 bridgehead atoms. The number of aryl methyl sites for hydroxylation is 1. The van der Waals surface area contributed by atoms with Gasteiger partial charge >= 0.3 is 0 Å². The number of nitrogens with zero attached hydrogens (tertiary/aromatic N) is 1. The summed E-state index contributed by atoms with van der Waals surface area (Å²) in [6.07, 6.45) is 1.78. The number of pyridine rings is 1. The first-order valence-electron chi connectivity index (χ1n) is 8.54. The van der Waals surface area contributed by atoms with Gasteiger partial charge in [0.05, 0.1) is 6.04 Å². The molecule has 1 fully saturated rings. The molecule has 1 amide bonds. The lowest BCUT2D eigenvalue weighted by molar-refractivity contribution is 0.0733. The first kappa shape index (κ1) is 15.7. The maximum absolute atomic E-state index is 12.9. The molecule has 1 saturated heterocycles. The number of aromatic nitrogens is 1. The molecular weight excluding hydrogens is 320 g/mol. The quantitative estimate of drug-likeness (QED) is 0.911. The van der Waals surface area contributed by atoms with Crippen LogP contribution in [0.25, 0.3) is 0 Å². The van der Waals surface area contributed by atoms with E-state index in [1.165, 1.54) is 0 Å². The van der Waals surface area contributed by atoms with E-state index in [4.69, 9.17) is 9.47 Å². The largest absolute Gasteiger partial charge is 0.486 e. The van der Waals surface area contributed by atoms with E-state index in [-0.39, 0.29) is 23.1 Å². The molecule has 2 aromatic rings. The molecule has 4 rings (SSSR count). The summed E-state index contributed by atoms with van der Waals surface area (Å²) < 4.78 is 11.2. The third kappa shape index (κ3) is 2.88. The third-order valence-corrected chi connectivity index (χ3v) is 4.75. The van der Waals surface area contributed by atoms with Crippen molar-refractivity contribution >= 4 is 5.91 Å². The standard InChI is InChI=1S/C19H20N2O4/c1-12-4-6-14(18(22)20-12)19(23)21-8-2-3-15(21)13-5-7-16-17(11-13)25-10-9-24-16/h4-7,11,15H,2-3,8-10H2,1H3,(H,20,22)/t15-/m0/s1. The molecular formula is C19H20N2O4. The van der Waals surface area contributed by atoms with Gasteiger partial charge in [0.15, 0.2) is 11.5 Å². The predicted molar refractivity (Wildman–Crippen MR) is 92.2 cm³/mol. The van der Waals surface area contributed by atoms with Gasteiger partial charge in [-0.1, -0.05) is 6.07 Å². The van der Waals surface area contributed by atoms with Gasteiger partial charge in [0.1, 0.15) is 18.8 Å². The Labute approximate surface area is 145 Å². The van der Waals surface area contributed by atoms with E-state index >= 15 is 0 Å². The van der Waals surface area contributed by atoms with Crippen molar-refractivity contribution in [3.8, 4) is 11.5 Å². The van der Waals surface area contributed by atoms with Crippen molar-refractivity contribution in [2.45, 2.75) is 25.8 Å². The third-order valence-electron chi connectivity index (χ3n) is 4.75. The highest BCUT2D eigenvalue weighted by Crippen LogP contribution is 2.38. The monoisotopic (exact) mass is 340 g/mol. The molecule has 0 saturated carbocycles. The second kappa shape index (κ2) is 6.27. The van der Waals surface area contributed by atoms with Crippen LogP contribution in [0, 0.1) is 6.92 Å². The summed E-state index contributed by atoms with van der Waals surface area (Å²) >= 11 is 0. The van der Waals surface area contributed by atoms with Gasteiger partial charge in [-0.05, 0) is 49.6 Å². The molecule has 1 N–H and O–H groups in total. The van der Waals surface area contributed by atoms with Crippen molar-refractivity contribution in [2.24, 2.45) is 0 Å². The fraction of sp³-hybridized carbons (Fsp3) is 0.368. The van der Waals surface area contributed by atoms with E-state index in [2.05, 4.69) is 4.98 Å². The zero-order chi connectivity index (χ0) is 17.4. The molecule has 3 heterocycles. The van der Waals surface area contributed by atoms with E-state index in [0.717, 1.165) is 35.6 Å². The summed E-state index contributed by atoms with van der Waals surface area (Å²) in [5, 5.41) is 0. The molecule has 0 radical (unpaired) electrons. The van der Waals surface area contributed by atoms with Crippen molar-refractivity contribution in [2.75, 3.05) is 19.8 Å². The van der Waals surface area contributed by atoms with Gasteiger partial charge in [0.25, 0.3) is 11.5 Å². The van der Waals surface area contributed by atoms with Crippen molar-refractivity contribution in [1.29, 1.82) is 0 Å². The minimum absolute atomic E-state index is 0.0518. The Morgan fingerprint density at radius 2 is 1.96 bits per heavy atom. The second-order valence-corrected chi connectivity index (χ2v) is 6.44. The van der Waals surface area contributed by atoms with Gasteiger partial charge < -0.3 is 19.4 Å². The molecule has 0 spiro atoms. The fourth-order valence-electron chi connectivity index (χ4n) is 3.52. The molecule has 6 nitrogen and oxygen atoms in total. The minimum atomic E-state index is -0.335. The van der Waals surface area contributed by atoms with Crippen LogP contribution < -0.4 is 15.0 Å². The molecule has 2 aliphatic rings. The van der Waals surface area contributed by atoms with Crippen molar-refractivity contribution in [1.82, 2.24) is 9.88 Å². The number of benzene rings is 1. The highest BCUT2D eigenvalue weighted by molar-refractivity contribution is 5.94. The number of likely N-dealkylation sites (tertiary alicyclic amines) is 1. The summed E-state index contributed by atoms with van der Waals surface area (Å²) in [5.41, 5.74) is 1.61. The molecule has 1 atom stereocenters. The molecule has 0 unspecified atom stereocenters. The van der Waals surface area contributed by atoms with E-state index in [0.29, 0.717) is 19.8 Å². The second-order valence-electron chi connectivity index (χ2n) is 6.44. The predicted octanol–water partition coefficient (Wildman–Crippen LogP) is 2.43. The number of carbonyl (C=O) groups excluding carboxylic acids is 1. The Kier molecular flexibility index (Phi) is 3.95. The van der Waals surface area contributed by atoms with Crippen molar-refractivity contribution in [3.05, 3.63) is 57.5 Å². The van der Waals surface area contributed by atoms with Crippen LogP contribution in [0.3, 0.4) is 0 Å². The van der Waals surface area contributed by atoms with Gasteiger partial charge in [0.2, 0.25) is 0 Å². The topological polar surface area (TPSA) is 71.6 Å². The molecule has 130 valence electrons.